The number of fused-ring (bicyclic) bond motifs is 2. The average molecular weight is 466 g/mol. The fraction of sp³-hybridized carbons (Fsp3) is 0.222. The Morgan fingerprint density at radius 2 is 2.00 bits per heavy atom. The number of ether oxygens (including phenoxy) is 2. The summed E-state index contributed by atoms with van der Waals surface area (Å²) in [6, 6.07) is 6.25. The number of rotatable bonds is 4. The Hall–Kier alpha value is -3.29. The summed E-state index contributed by atoms with van der Waals surface area (Å²) in [5.74, 6) is -4.45. The van der Waals surface area contributed by atoms with Crippen LogP contribution in [0.15, 0.2) is 33.6 Å². The highest BCUT2D eigenvalue weighted by molar-refractivity contribution is 7.90. The maximum absolute atomic E-state index is 12.1. The predicted octanol–water partition coefficient (Wildman–Crippen LogP) is 1.08. The molecular formula is C18H14N2O9S2. The van der Waals surface area contributed by atoms with E-state index in [9.17, 15) is 27.9 Å². The molecule has 1 amide bonds. The van der Waals surface area contributed by atoms with Gasteiger partial charge in [-0.2, -0.15) is 8.42 Å². The van der Waals surface area contributed by atoms with Gasteiger partial charge in [-0.05, 0) is 12.1 Å². The molecule has 13 heteroatoms. The predicted molar refractivity (Wildman–Crippen MR) is 106 cm³/mol. The smallest absolute Gasteiger partial charge is 0.394 e. The van der Waals surface area contributed by atoms with Crippen molar-refractivity contribution in [2.45, 2.75) is 24.0 Å². The van der Waals surface area contributed by atoms with Crippen molar-refractivity contribution < 1.29 is 42.5 Å². The van der Waals surface area contributed by atoms with Crippen LogP contribution in [-0.2, 0) is 42.1 Å². The number of carboxylic acids is 2. The largest absolute Gasteiger partial charge is 0.478 e. The molecule has 3 heterocycles. The number of nitrogens with zero attached hydrogens (tertiary/aromatic N) is 1. The second-order valence-electron chi connectivity index (χ2n) is 6.59. The molecule has 2 aliphatic rings. The number of thiophene rings is 1. The van der Waals surface area contributed by atoms with Crippen molar-refractivity contribution in [2.24, 2.45) is 4.40 Å². The number of hydrogen-bond donors (Lipinski definition) is 3. The van der Waals surface area contributed by atoms with Crippen molar-refractivity contribution in [3.8, 4) is 0 Å². The number of benzene rings is 1. The van der Waals surface area contributed by atoms with E-state index in [-0.39, 0.29) is 41.0 Å². The van der Waals surface area contributed by atoms with Crippen molar-refractivity contribution in [3.05, 3.63) is 45.8 Å². The van der Waals surface area contributed by atoms with Gasteiger partial charge in [-0.1, -0.05) is 12.1 Å². The van der Waals surface area contributed by atoms with Crippen molar-refractivity contribution in [2.75, 3.05) is 11.9 Å². The highest BCUT2D eigenvalue weighted by Crippen LogP contribution is 2.38. The number of carbonyl (C=O) groups excluding carboxylic acids is 1. The van der Waals surface area contributed by atoms with Gasteiger partial charge in [0.15, 0.2) is 0 Å². The summed E-state index contributed by atoms with van der Waals surface area (Å²) >= 11 is 0.948. The third-order valence-corrected chi connectivity index (χ3v) is 7.09. The number of carbonyl (C=O) groups is 3. The molecule has 1 atom stereocenters. The Morgan fingerprint density at radius 3 is 2.71 bits per heavy atom. The van der Waals surface area contributed by atoms with Crippen molar-refractivity contribution in [3.63, 3.8) is 0 Å². The number of anilines is 1. The second-order valence-corrected chi connectivity index (χ2v) is 9.27. The molecule has 2 aromatic rings. The first-order chi connectivity index (χ1) is 14.7. The van der Waals surface area contributed by atoms with Gasteiger partial charge in [-0.3, -0.25) is 4.79 Å². The third-order valence-electron chi connectivity index (χ3n) is 4.61. The van der Waals surface area contributed by atoms with Gasteiger partial charge in [0, 0.05) is 16.9 Å². The third kappa shape index (κ3) is 3.89. The lowest BCUT2D eigenvalue weighted by Crippen LogP contribution is -2.28. The maximum atomic E-state index is 12.1. The lowest BCUT2D eigenvalue weighted by atomic mass is 10.0. The van der Waals surface area contributed by atoms with E-state index in [2.05, 4.69) is 9.71 Å². The van der Waals surface area contributed by atoms with Gasteiger partial charge >= 0.3 is 17.8 Å². The molecule has 0 saturated carbocycles. The monoisotopic (exact) mass is 466 g/mol. The Morgan fingerprint density at radius 1 is 1.26 bits per heavy atom. The Labute approximate surface area is 179 Å². The summed E-state index contributed by atoms with van der Waals surface area (Å²) in [5, 5.41) is 20.2. The number of nitrogens with one attached hydrogen (secondary N) is 1. The number of aliphatic carboxylic acids is 1. The number of sulfonamides is 1. The van der Waals surface area contributed by atoms with Crippen LogP contribution in [0.2, 0.25) is 0 Å². The zero-order chi connectivity index (χ0) is 22.3. The molecule has 1 aromatic carbocycles. The highest BCUT2D eigenvalue weighted by atomic mass is 32.2. The van der Waals surface area contributed by atoms with E-state index in [0.717, 1.165) is 11.3 Å². The minimum absolute atomic E-state index is 0.0424. The zero-order valence-electron chi connectivity index (χ0n) is 15.5. The van der Waals surface area contributed by atoms with E-state index in [1.54, 1.807) is 18.2 Å². The van der Waals surface area contributed by atoms with E-state index in [1.165, 1.54) is 6.07 Å². The average Bonchev–Trinajstić information content (AvgIpc) is 3.20. The molecule has 0 fully saturated rings. The molecular weight excluding hydrogens is 452 g/mol. The first-order valence-corrected chi connectivity index (χ1v) is 11.0. The molecule has 2 aliphatic heterocycles. The number of amides is 1. The van der Waals surface area contributed by atoms with Crippen molar-refractivity contribution >= 4 is 50.1 Å². The Bertz CT molecular complexity index is 1250. The number of hydrogen-bond acceptors (Lipinski definition) is 8. The SMILES string of the molecule is O=C(O)C(=O)Nc1sc2c(c1C(=O)O)COC(COC1=NS(=O)(=O)c3ccccc31)C2. The van der Waals surface area contributed by atoms with Crippen LogP contribution in [0.25, 0.3) is 0 Å². The first kappa shape index (κ1) is 21.0. The minimum atomic E-state index is -3.82. The topological polar surface area (TPSA) is 169 Å². The van der Waals surface area contributed by atoms with Gasteiger partial charge in [-0.15, -0.1) is 15.7 Å². The summed E-state index contributed by atoms with van der Waals surface area (Å²) in [7, 11) is -3.82. The van der Waals surface area contributed by atoms with Crippen LogP contribution >= 0.6 is 11.3 Å². The molecule has 11 nitrogen and oxygen atoms in total. The van der Waals surface area contributed by atoms with E-state index < -0.39 is 34.0 Å². The van der Waals surface area contributed by atoms with Crippen LogP contribution in [0.1, 0.15) is 26.4 Å². The first-order valence-electron chi connectivity index (χ1n) is 8.78. The fourth-order valence-electron chi connectivity index (χ4n) is 3.23. The molecule has 4 rings (SSSR count). The molecule has 0 radical (unpaired) electrons. The van der Waals surface area contributed by atoms with E-state index in [4.69, 9.17) is 14.6 Å². The van der Waals surface area contributed by atoms with Crippen LogP contribution in [0.3, 0.4) is 0 Å². The molecule has 1 aromatic heterocycles. The molecule has 0 aliphatic carbocycles. The lowest BCUT2D eigenvalue weighted by Gasteiger charge is -2.23. The number of aromatic carboxylic acids is 1. The molecule has 162 valence electrons. The Kier molecular flexibility index (Phi) is 5.24. The number of carboxylic acid groups (broad SMARTS) is 2. The fourth-order valence-corrected chi connectivity index (χ4v) is 5.63. The molecule has 0 saturated heterocycles. The van der Waals surface area contributed by atoms with Crippen LogP contribution in [0, 0.1) is 0 Å². The summed E-state index contributed by atoms with van der Waals surface area (Å²) in [6.07, 6.45) is -0.306. The summed E-state index contributed by atoms with van der Waals surface area (Å²) in [5.41, 5.74) is 0.483. The van der Waals surface area contributed by atoms with E-state index in [0.29, 0.717) is 16.0 Å². The van der Waals surface area contributed by atoms with Crippen molar-refractivity contribution in [1.82, 2.24) is 0 Å². The maximum Gasteiger partial charge on any atom is 0.394 e. The standard InChI is InChI=1S/C18H14N2O9S2/c21-14(18(24)25)19-16-13(17(22)23)10-7-28-8(5-11(10)30-16)6-29-15-9-3-1-2-4-12(9)31(26,27)20-15/h1-4,8H,5-7H2,(H,19,21)(H,22,23)(H,24,25). The molecule has 0 spiro atoms. The van der Waals surface area contributed by atoms with Crippen molar-refractivity contribution in [1.29, 1.82) is 0 Å². The normalized spacial score (nSPS) is 18.5. The molecule has 3 N–H and O–H groups in total. The van der Waals surface area contributed by atoms with Gasteiger partial charge in [0.05, 0.1) is 23.8 Å². The van der Waals surface area contributed by atoms with Gasteiger partial charge in [0.25, 0.3) is 10.0 Å². The highest BCUT2D eigenvalue weighted by Gasteiger charge is 2.33. The lowest BCUT2D eigenvalue weighted by molar-refractivity contribution is -0.147. The van der Waals surface area contributed by atoms with Gasteiger partial charge in [0.1, 0.15) is 16.5 Å². The van der Waals surface area contributed by atoms with E-state index >= 15 is 0 Å². The Balaban J connectivity index is 1.51. The van der Waals surface area contributed by atoms with Gasteiger partial charge in [-0.25, -0.2) is 9.59 Å². The second kappa shape index (κ2) is 7.76. The molecule has 0 bridgehead atoms. The van der Waals surface area contributed by atoms with E-state index in [1.807, 2.05) is 0 Å². The zero-order valence-corrected chi connectivity index (χ0v) is 17.2. The van der Waals surface area contributed by atoms with Gasteiger partial charge < -0.3 is 25.0 Å². The van der Waals surface area contributed by atoms with Crippen LogP contribution in [0.5, 0.6) is 0 Å². The summed E-state index contributed by atoms with van der Waals surface area (Å²) in [4.78, 5) is 34.5. The summed E-state index contributed by atoms with van der Waals surface area (Å²) < 4.78 is 39.1. The quantitative estimate of drug-likeness (QED) is 0.558. The molecule has 31 heavy (non-hydrogen) atoms. The van der Waals surface area contributed by atoms with Gasteiger partial charge in [0.2, 0.25) is 5.90 Å². The summed E-state index contributed by atoms with van der Waals surface area (Å²) in [6.45, 7) is -0.134. The van der Waals surface area contributed by atoms with Crippen LogP contribution < -0.4 is 5.32 Å². The molecule has 1 unspecified atom stereocenters. The van der Waals surface area contributed by atoms with Crippen LogP contribution in [-0.4, -0.2) is 55.1 Å². The van der Waals surface area contributed by atoms with Crippen LogP contribution in [0.4, 0.5) is 5.00 Å². The minimum Gasteiger partial charge on any atom is -0.478 e.